The van der Waals surface area contributed by atoms with Crippen LogP contribution in [0.5, 0.6) is 0 Å². The first-order valence-electron chi connectivity index (χ1n) is 4.02. The van der Waals surface area contributed by atoms with Gasteiger partial charge in [-0.25, -0.2) is 3.11 Å². The third-order valence-electron chi connectivity index (χ3n) is 2.65. The third-order valence-corrected chi connectivity index (χ3v) is 4.06. The predicted molar refractivity (Wildman–Crippen MR) is 49.9 cm³/mol. The van der Waals surface area contributed by atoms with Gasteiger partial charge < -0.3 is 0 Å². The Kier molecular flexibility index (Phi) is 1.90. The summed E-state index contributed by atoms with van der Waals surface area (Å²) < 4.78 is 2.46. The zero-order chi connectivity index (χ0) is 7.03. The van der Waals surface area contributed by atoms with Gasteiger partial charge in [0.2, 0.25) is 0 Å². The number of hydrogen-bond donors (Lipinski definition) is 1. The van der Waals surface area contributed by atoms with Gasteiger partial charge in [0.05, 0.1) is 5.66 Å². The second-order valence-electron chi connectivity index (χ2n) is 3.25. The first kappa shape index (κ1) is 7.31. The fourth-order valence-corrected chi connectivity index (χ4v) is 2.83. The summed E-state index contributed by atoms with van der Waals surface area (Å²) in [6.45, 7) is 2.49. The van der Waals surface area contributed by atoms with Crippen LogP contribution in [0.1, 0.15) is 25.7 Å². The van der Waals surface area contributed by atoms with E-state index in [1.165, 1.54) is 38.8 Å². The van der Waals surface area contributed by atoms with Crippen LogP contribution in [0.2, 0.25) is 0 Å². The molecule has 2 heterocycles. The van der Waals surface area contributed by atoms with Gasteiger partial charge in [0.25, 0.3) is 0 Å². The lowest BCUT2D eigenvalue weighted by Crippen LogP contribution is -2.65. The second kappa shape index (κ2) is 2.60. The average Bonchev–Trinajstić information content (AvgIpc) is 1.85. The molecule has 2 aliphatic heterocycles. The molecule has 0 aromatic rings. The first-order chi connectivity index (χ1) is 4.83. The molecule has 0 radical (unpaired) electrons. The van der Waals surface area contributed by atoms with Crippen molar-refractivity contribution in [3.05, 3.63) is 0 Å². The molecule has 0 saturated carbocycles. The summed E-state index contributed by atoms with van der Waals surface area (Å²) in [4.78, 5) is 0. The van der Waals surface area contributed by atoms with E-state index < -0.39 is 0 Å². The molecule has 1 spiro atoms. The Bertz CT molecular complexity index is 134. The molecule has 2 rings (SSSR count). The lowest BCUT2D eigenvalue weighted by atomic mass is 9.89. The van der Waals surface area contributed by atoms with Gasteiger partial charge in [-0.05, 0) is 32.2 Å². The molecule has 10 heavy (non-hydrogen) atoms. The van der Waals surface area contributed by atoms with E-state index in [0.717, 1.165) is 0 Å². The molecule has 1 atom stereocenters. The van der Waals surface area contributed by atoms with Gasteiger partial charge in [-0.1, -0.05) is 0 Å². The van der Waals surface area contributed by atoms with Crippen LogP contribution >= 0.6 is 22.9 Å². The molecule has 0 aromatic carbocycles. The van der Waals surface area contributed by atoms with Crippen molar-refractivity contribution in [3.8, 4) is 0 Å². The van der Waals surface area contributed by atoms with Crippen molar-refractivity contribution in [3.63, 3.8) is 0 Å². The molecule has 3 heteroatoms. The normalized spacial score (nSPS) is 41.7. The Morgan fingerprint density at radius 2 is 2.10 bits per heavy atom. The van der Waals surface area contributed by atoms with Crippen LogP contribution in [0.3, 0.4) is 0 Å². The van der Waals surface area contributed by atoms with Gasteiger partial charge in [-0.2, -0.15) is 0 Å². The highest BCUT2D eigenvalue weighted by atomic mass is 127. The molecule has 1 N–H and O–H groups in total. The molecule has 2 aliphatic rings. The van der Waals surface area contributed by atoms with Gasteiger partial charge in [0, 0.05) is 29.4 Å². The summed E-state index contributed by atoms with van der Waals surface area (Å²) in [5, 5.41) is 3.53. The van der Waals surface area contributed by atoms with E-state index in [1.807, 2.05) is 0 Å². The van der Waals surface area contributed by atoms with Crippen molar-refractivity contribution < 1.29 is 0 Å². The van der Waals surface area contributed by atoms with E-state index in [0.29, 0.717) is 5.66 Å². The third kappa shape index (κ3) is 0.987. The van der Waals surface area contributed by atoms with E-state index in [2.05, 4.69) is 31.3 Å². The molecule has 0 aromatic heterocycles. The van der Waals surface area contributed by atoms with Gasteiger partial charge in [-0.3, -0.25) is 5.32 Å². The first-order valence-corrected chi connectivity index (χ1v) is 4.98. The van der Waals surface area contributed by atoms with Crippen molar-refractivity contribution in [2.75, 3.05) is 13.1 Å². The number of halogens is 1. The molecular formula is C7H13IN2. The fourth-order valence-electron chi connectivity index (χ4n) is 1.84. The summed E-state index contributed by atoms with van der Waals surface area (Å²) in [5.41, 5.74) is 0.429. The SMILES string of the molecule is IN1CCCCC12CCN2. The minimum Gasteiger partial charge on any atom is -0.298 e. The number of hydrogen-bond acceptors (Lipinski definition) is 2. The van der Waals surface area contributed by atoms with Crippen molar-refractivity contribution in [2.24, 2.45) is 0 Å². The molecule has 0 aliphatic carbocycles. The van der Waals surface area contributed by atoms with E-state index in [-0.39, 0.29) is 0 Å². The molecular weight excluding hydrogens is 239 g/mol. The zero-order valence-corrected chi connectivity index (χ0v) is 8.23. The maximum absolute atomic E-state index is 3.53. The van der Waals surface area contributed by atoms with Gasteiger partial charge in [-0.15, -0.1) is 0 Å². The molecule has 2 saturated heterocycles. The molecule has 0 amide bonds. The van der Waals surface area contributed by atoms with Crippen LogP contribution in [0.15, 0.2) is 0 Å². The van der Waals surface area contributed by atoms with Crippen LogP contribution in [0.25, 0.3) is 0 Å². The lowest BCUT2D eigenvalue weighted by molar-refractivity contribution is 0.0508. The summed E-state index contributed by atoms with van der Waals surface area (Å²) in [7, 11) is 0. The molecule has 2 nitrogen and oxygen atoms in total. The molecule has 2 fully saturated rings. The van der Waals surface area contributed by atoms with Gasteiger partial charge in [0.1, 0.15) is 0 Å². The van der Waals surface area contributed by atoms with E-state index >= 15 is 0 Å². The van der Waals surface area contributed by atoms with Crippen LogP contribution in [-0.2, 0) is 0 Å². The van der Waals surface area contributed by atoms with E-state index in [9.17, 15) is 0 Å². The largest absolute Gasteiger partial charge is 0.298 e. The fraction of sp³-hybridized carbons (Fsp3) is 1.00. The maximum atomic E-state index is 3.53. The Morgan fingerprint density at radius 3 is 2.50 bits per heavy atom. The zero-order valence-electron chi connectivity index (χ0n) is 6.07. The van der Waals surface area contributed by atoms with E-state index in [4.69, 9.17) is 0 Å². The minimum absolute atomic E-state index is 0.429. The topological polar surface area (TPSA) is 15.3 Å². The molecule has 0 bridgehead atoms. The predicted octanol–water partition coefficient (Wildman–Crippen LogP) is 1.51. The van der Waals surface area contributed by atoms with E-state index in [1.54, 1.807) is 0 Å². The van der Waals surface area contributed by atoms with Crippen LogP contribution < -0.4 is 5.32 Å². The summed E-state index contributed by atoms with van der Waals surface area (Å²) >= 11 is 2.46. The molecule has 1 unspecified atom stereocenters. The van der Waals surface area contributed by atoms with Crippen LogP contribution in [-0.4, -0.2) is 21.9 Å². The Hall–Kier alpha value is 0.650. The van der Waals surface area contributed by atoms with Crippen LogP contribution in [0.4, 0.5) is 0 Å². The monoisotopic (exact) mass is 252 g/mol. The summed E-state index contributed by atoms with van der Waals surface area (Å²) in [6.07, 6.45) is 5.50. The minimum atomic E-state index is 0.429. The maximum Gasteiger partial charge on any atom is 0.0813 e. The summed E-state index contributed by atoms with van der Waals surface area (Å²) in [5.74, 6) is 0. The van der Waals surface area contributed by atoms with Crippen molar-refractivity contribution >= 4 is 22.9 Å². The smallest absolute Gasteiger partial charge is 0.0813 e. The highest BCUT2D eigenvalue weighted by molar-refractivity contribution is 14.1. The number of rotatable bonds is 0. The quantitative estimate of drug-likeness (QED) is 0.519. The summed E-state index contributed by atoms with van der Waals surface area (Å²) in [6, 6.07) is 0. The lowest BCUT2D eigenvalue weighted by Gasteiger charge is -2.51. The Labute approximate surface area is 75.8 Å². The molecule has 58 valence electrons. The number of nitrogens with zero attached hydrogens (tertiary/aromatic N) is 1. The highest BCUT2D eigenvalue weighted by Gasteiger charge is 2.42. The Balaban J connectivity index is 2.03. The van der Waals surface area contributed by atoms with Gasteiger partial charge in [0.15, 0.2) is 0 Å². The average molecular weight is 252 g/mol. The standard InChI is InChI=1S/C7H13IN2/c8-10-6-2-1-3-7(10)4-5-9-7/h9H,1-6H2. The number of nitrogens with one attached hydrogen (secondary N) is 1. The van der Waals surface area contributed by atoms with Gasteiger partial charge >= 0.3 is 0 Å². The highest BCUT2D eigenvalue weighted by Crippen LogP contribution is 2.35. The second-order valence-corrected chi connectivity index (χ2v) is 4.42. The number of piperidine rings is 1. The Morgan fingerprint density at radius 1 is 1.30 bits per heavy atom. The van der Waals surface area contributed by atoms with Crippen LogP contribution in [0, 0.1) is 0 Å². The van der Waals surface area contributed by atoms with Crippen molar-refractivity contribution in [1.29, 1.82) is 0 Å². The van der Waals surface area contributed by atoms with Crippen molar-refractivity contribution in [1.82, 2.24) is 8.43 Å². The van der Waals surface area contributed by atoms with Crippen molar-refractivity contribution in [2.45, 2.75) is 31.3 Å².